The first-order valence-electron chi connectivity index (χ1n) is 7.15. The number of rotatable bonds is 6. The minimum atomic E-state index is -0.648. The number of alkyl halides is 1. The number of likely N-dealkylation sites (N-methyl/N-ethyl adjacent to an activating group) is 1. The fourth-order valence-corrected chi connectivity index (χ4v) is 2.88. The van der Waals surface area contributed by atoms with E-state index in [1.54, 1.807) is 0 Å². The van der Waals surface area contributed by atoms with E-state index >= 15 is 0 Å². The van der Waals surface area contributed by atoms with Gasteiger partial charge in [-0.15, -0.1) is 11.6 Å². The predicted octanol–water partition coefficient (Wildman–Crippen LogP) is 3.96. The highest BCUT2D eigenvalue weighted by Crippen LogP contribution is 2.26. The lowest BCUT2D eigenvalue weighted by Gasteiger charge is -2.25. The maximum absolute atomic E-state index is 13.9. The summed E-state index contributed by atoms with van der Waals surface area (Å²) in [6.45, 7) is 8.81. The molecule has 0 spiro atoms. The number of imidazole rings is 1. The second-order valence-electron chi connectivity index (χ2n) is 5.12. The van der Waals surface area contributed by atoms with Gasteiger partial charge in [0, 0.05) is 18.7 Å². The average Bonchev–Trinajstić information content (AvgIpc) is 2.83. The number of halogens is 3. The van der Waals surface area contributed by atoms with E-state index in [1.807, 2.05) is 11.5 Å². The molecule has 0 radical (unpaired) electrons. The lowest BCUT2D eigenvalue weighted by molar-refractivity contribution is 0.261. The first-order valence-corrected chi connectivity index (χ1v) is 7.69. The highest BCUT2D eigenvalue weighted by molar-refractivity contribution is 6.16. The standard InChI is InChI=1S/C15H20ClF2N3/c1-4-20(5-2)9-10(3)21-13-7-11(17)6-12(18)15(13)19-14(21)8-16/h6-7,10H,4-5,8-9H2,1-3H3. The summed E-state index contributed by atoms with van der Waals surface area (Å²) in [7, 11) is 0. The molecule has 0 bridgehead atoms. The monoisotopic (exact) mass is 315 g/mol. The molecule has 0 fully saturated rings. The predicted molar refractivity (Wildman–Crippen MR) is 81.7 cm³/mol. The second-order valence-corrected chi connectivity index (χ2v) is 5.39. The molecule has 0 amide bonds. The maximum atomic E-state index is 13.9. The molecule has 2 rings (SSSR count). The fraction of sp³-hybridized carbons (Fsp3) is 0.533. The van der Waals surface area contributed by atoms with Gasteiger partial charge >= 0.3 is 0 Å². The first kappa shape index (κ1) is 16.2. The van der Waals surface area contributed by atoms with Crippen LogP contribution in [0.4, 0.5) is 8.78 Å². The Hall–Kier alpha value is -1.20. The van der Waals surface area contributed by atoms with Gasteiger partial charge in [-0.3, -0.25) is 0 Å². The number of hydrogen-bond acceptors (Lipinski definition) is 2. The molecule has 0 aliphatic heterocycles. The van der Waals surface area contributed by atoms with Gasteiger partial charge in [0.2, 0.25) is 0 Å². The summed E-state index contributed by atoms with van der Waals surface area (Å²) < 4.78 is 29.2. The third-order valence-electron chi connectivity index (χ3n) is 3.76. The second kappa shape index (κ2) is 6.71. The Morgan fingerprint density at radius 2 is 1.95 bits per heavy atom. The molecule has 1 heterocycles. The van der Waals surface area contributed by atoms with E-state index in [1.165, 1.54) is 6.07 Å². The van der Waals surface area contributed by atoms with Crippen molar-refractivity contribution in [3.63, 3.8) is 0 Å². The van der Waals surface area contributed by atoms with E-state index < -0.39 is 11.6 Å². The first-order chi connectivity index (χ1) is 10.0. The molecule has 0 aliphatic rings. The van der Waals surface area contributed by atoms with Gasteiger partial charge in [0.25, 0.3) is 0 Å². The summed E-state index contributed by atoms with van der Waals surface area (Å²) in [5.41, 5.74) is 0.640. The van der Waals surface area contributed by atoms with Crippen LogP contribution in [0.15, 0.2) is 12.1 Å². The number of nitrogens with zero attached hydrogens (tertiary/aromatic N) is 3. The Bertz CT molecular complexity index is 623. The summed E-state index contributed by atoms with van der Waals surface area (Å²) in [5.74, 6) is -0.517. The van der Waals surface area contributed by atoms with Crippen molar-refractivity contribution in [2.45, 2.75) is 32.7 Å². The van der Waals surface area contributed by atoms with E-state index in [0.717, 1.165) is 25.7 Å². The van der Waals surface area contributed by atoms with Crippen molar-refractivity contribution < 1.29 is 8.78 Å². The SMILES string of the molecule is CCN(CC)CC(C)n1c(CCl)nc2c(F)cc(F)cc21. The summed E-state index contributed by atoms with van der Waals surface area (Å²) in [5, 5.41) is 0. The van der Waals surface area contributed by atoms with E-state index in [2.05, 4.69) is 23.7 Å². The largest absolute Gasteiger partial charge is 0.323 e. The van der Waals surface area contributed by atoms with Crippen LogP contribution < -0.4 is 0 Å². The van der Waals surface area contributed by atoms with Crippen LogP contribution in [-0.2, 0) is 5.88 Å². The molecule has 1 unspecified atom stereocenters. The van der Waals surface area contributed by atoms with Crippen LogP contribution in [0.1, 0.15) is 32.6 Å². The number of fused-ring (bicyclic) bond motifs is 1. The van der Waals surface area contributed by atoms with Gasteiger partial charge in [-0.25, -0.2) is 13.8 Å². The Balaban J connectivity index is 2.50. The quantitative estimate of drug-likeness (QED) is 0.752. The van der Waals surface area contributed by atoms with Gasteiger partial charge < -0.3 is 9.47 Å². The number of benzene rings is 1. The van der Waals surface area contributed by atoms with Crippen molar-refractivity contribution in [2.24, 2.45) is 0 Å². The van der Waals surface area contributed by atoms with Crippen LogP contribution in [0.2, 0.25) is 0 Å². The Labute approximate surface area is 128 Å². The fourth-order valence-electron chi connectivity index (χ4n) is 2.69. The normalized spacial score (nSPS) is 13.3. The van der Waals surface area contributed by atoms with Crippen LogP contribution >= 0.6 is 11.6 Å². The molecule has 0 aliphatic carbocycles. The zero-order valence-corrected chi connectivity index (χ0v) is 13.3. The van der Waals surface area contributed by atoms with Crippen molar-refractivity contribution >= 4 is 22.6 Å². The van der Waals surface area contributed by atoms with Crippen molar-refractivity contribution in [1.82, 2.24) is 14.5 Å². The van der Waals surface area contributed by atoms with Crippen LogP contribution in [0.3, 0.4) is 0 Å². The molecule has 1 aromatic heterocycles. The molecule has 116 valence electrons. The van der Waals surface area contributed by atoms with Crippen LogP contribution in [0, 0.1) is 11.6 Å². The van der Waals surface area contributed by atoms with Gasteiger partial charge in [0.05, 0.1) is 11.4 Å². The molecule has 21 heavy (non-hydrogen) atoms. The zero-order chi connectivity index (χ0) is 15.6. The molecule has 3 nitrogen and oxygen atoms in total. The number of hydrogen-bond donors (Lipinski definition) is 0. The molecular weight excluding hydrogens is 296 g/mol. The van der Waals surface area contributed by atoms with Gasteiger partial charge in [0.1, 0.15) is 17.2 Å². The number of aromatic nitrogens is 2. The van der Waals surface area contributed by atoms with E-state index in [-0.39, 0.29) is 17.4 Å². The van der Waals surface area contributed by atoms with Crippen molar-refractivity contribution in [3.8, 4) is 0 Å². The van der Waals surface area contributed by atoms with Crippen molar-refractivity contribution in [1.29, 1.82) is 0 Å². The van der Waals surface area contributed by atoms with E-state index in [0.29, 0.717) is 11.3 Å². The van der Waals surface area contributed by atoms with Crippen molar-refractivity contribution in [3.05, 3.63) is 29.6 Å². The van der Waals surface area contributed by atoms with Gasteiger partial charge in [-0.05, 0) is 26.1 Å². The summed E-state index contributed by atoms with van der Waals surface area (Å²) >= 11 is 5.93. The van der Waals surface area contributed by atoms with Gasteiger partial charge in [-0.2, -0.15) is 0 Å². The third-order valence-corrected chi connectivity index (χ3v) is 4.00. The minimum Gasteiger partial charge on any atom is -0.323 e. The maximum Gasteiger partial charge on any atom is 0.153 e. The Kier molecular flexibility index (Phi) is 5.17. The summed E-state index contributed by atoms with van der Waals surface area (Å²) in [6, 6.07) is 2.21. The molecule has 0 saturated carbocycles. The molecule has 0 N–H and O–H groups in total. The molecule has 1 atom stereocenters. The molecule has 1 aromatic carbocycles. The lowest BCUT2D eigenvalue weighted by Crippen LogP contribution is -2.30. The van der Waals surface area contributed by atoms with Gasteiger partial charge in [-0.1, -0.05) is 13.8 Å². The topological polar surface area (TPSA) is 21.1 Å². The Morgan fingerprint density at radius 1 is 1.29 bits per heavy atom. The summed E-state index contributed by atoms with van der Waals surface area (Å²) in [6.07, 6.45) is 0. The molecular formula is C15H20ClF2N3. The van der Waals surface area contributed by atoms with Gasteiger partial charge in [0.15, 0.2) is 5.82 Å². The van der Waals surface area contributed by atoms with Crippen molar-refractivity contribution in [2.75, 3.05) is 19.6 Å². The molecule has 6 heteroatoms. The smallest absolute Gasteiger partial charge is 0.153 e. The minimum absolute atomic E-state index is 0.0323. The van der Waals surface area contributed by atoms with Crippen LogP contribution in [0.5, 0.6) is 0 Å². The van der Waals surface area contributed by atoms with E-state index in [4.69, 9.17) is 11.6 Å². The lowest BCUT2D eigenvalue weighted by atomic mass is 10.2. The highest BCUT2D eigenvalue weighted by atomic mass is 35.5. The zero-order valence-electron chi connectivity index (χ0n) is 12.5. The third kappa shape index (κ3) is 3.19. The highest BCUT2D eigenvalue weighted by Gasteiger charge is 2.19. The van der Waals surface area contributed by atoms with Crippen LogP contribution in [0.25, 0.3) is 11.0 Å². The summed E-state index contributed by atoms with van der Waals surface area (Å²) in [4.78, 5) is 6.48. The van der Waals surface area contributed by atoms with Crippen LogP contribution in [-0.4, -0.2) is 34.1 Å². The molecule has 0 saturated heterocycles. The Morgan fingerprint density at radius 3 is 2.52 bits per heavy atom. The average molecular weight is 316 g/mol. The van der Waals surface area contributed by atoms with E-state index in [9.17, 15) is 8.78 Å². The molecule has 2 aromatic rings.